The van der Waals surface area contributed by atoms with Crippen molar-refractivity contribution in [2.75, 3.05) is 31.1 Å². The van der Waals surface area contributed by atoms with Crippen molar-refractivity contribution in [2.24, 2.45) is 0 Å². The molecule has 0 saturated carbocycles. The van der Waals surface area contributed by atoms with Crippen LogP contribution in [0.2, 0.25) is 0 Å². The summed E-state index contributed by atoms with van der Waals surface area (Å²) in [7, 11) is 0. The summed E-state index contributed by atoms with van der Waals surface area (Å²) in [6.45, 7) is 8.97. The van der Waals surface area contributed by atoms with Crippen LogP contribution in [-0.2, 0) is 11.2 Å². The lowest BCUT2D eigenvalue weighted by Gasteiger charge is -2.36. The van der Waals surface area contributed by atoms with Gasteiger partial charge in [0.25, 0.3) is 0 Å². The van der Waals surface area contributed by atoms with Crippen molar-refractivity contribution < 1.29 is 9.53 Å². The summed E-state index contributed by atoms with van der Waals surface area (Å²) in [5, 5.41) is 1.91. The van der Waals surface area contributed by atoms with Gasteiger partial charge in [0.1, 0.15) is 6.33 Å². The molecule has 0 N–H and O–H groups in total. The number of hydrogen-bond donors (Lipinski definition) is 0. The van der Waals surface area contributed by atoms with E-state index < -0.39 is 0 Å². The van der Waals surface area contributed by atoms with E-state index in [2.05, 4.69) is 32.0 Å². The van der Waals surface area contributed by atoms with Gasteiger partial charge >= 0.3 is 0 Å². The van der Waals surface area contributed by atoms with Gasteiger partial charge in [-0.2, -0.15) is 0 Å². The molecular weight excluding hydrogens is 386 g/mol. The number of benzene rings is 1. The first-order chi connectivity index (χ1) is 14.0. The Bertz CT molecular complexity index is 1010. The zero-order valence-electron chi connectivity index (χ0n) is 17.0. The third kappa shape index (κ3) is 4.48. The number of anilines is 1. The smallest absolute Gasteiger partial charge is 0.228 e. The number of ether oxygens (including phenoxy) is 1. The highest BCUT2D eigenvalue weighted by Gasteiger charge is 2.22. The summed E-state index contributed by atoms with van der Waals surface area (Å²) >= 11 is 1.59. The second-order valence-corrected chi connectivity index (χ2v) is 8.76. The molecule has 1 aromatic carbocycles. The Morgan fingerprint density at radius 3 is 2.66 bits per heavy atom. The number of aromatic nitrogens is 3. The maximum Gasteiger partial charge on any atom is 0.228 e. The van der Waals surface area contributed by atoms with Crippen LogP contribution >= 0.6 is 11.3 Å². The molecule has 0 unspecified atom stereocenters. The number of aryl methyl sites for hydroxylation is 1. The number of amides is 1. The van der Waals surface area contributed by atoms with Gasteiger partial charge in [0.15, 0.2) is 0 Å². The molecule has 8 heteroatoms. The fourth-order valence-electron chi connectivity index (χ4n) is 3.50. The van der Waals surface area contributed by atoms with Crippen LogP contribution in [0.3, 0.4) is 0 Å². The Balaban J connectivity index is 1.44. The van der Waals surface area contributed by atoms with Crippen LogP contribution in [-0.4, -0.2) is 58.0 Å². The summed E-state index contributed by atoms with van der Waals surface area (Å²) in [6, 6.07) is 6.17. The number of piperazine rings is 1. The highest BCUT2D eigenvalue weighted by atomic mass is 32.1. The van der Waals surface area contributed by atoms with Gasteiger partial charge in [-0.15, -0.1) is 11.3 Å². The van der Waals surface area contributed by atoms with Crippen molar-refractivity contribution in [3.05, 3.63) is 40.6 Å². The number of fused-ring (bicyclic) bond motifs is 1. The number of nitrogens with zero attached hydrogens (tertiary/aromatic N) is 5. The molecule has 3 heterocycles. The van der Waals surface area contributed by atoms with E-state index in [0.29, 0.717) is 12.3 Å². The lowest BCUT2D eigenvalue weighted by atomic mass is 10.1. The second kappa shape index (κ2) is 8.32. The molecule has 1 saturated heterocycles. The van der Waals surface area contributed by atoms with Crippen LogP contribution in [0.1, 0.15) is 23.7 Å². The molecule has 0 aliphatic carbocycles. The van der Waals surface area contributed by atoms with E-state index in [-0.39, 0.29) is 12.0 Å². The third-order valence-corrected chi connectivity index (χ3v) is 5.83. The number of rotatable bonds is 5. The first-order valence-electron chi connectivity index (χ1n) is 9.85. The molecule has 0 radical (unpaired) electrons. The van der Waals surface area contributed by atoms with Gasteiger partial charge in [-0.1, -0.05) is 0 Å². The fraction of sp³-hybridized carbons (Fsp3) is 0.429. The Kier molecular flexibility index (Phi) is 5.62. The van der Waals surface area contributed by atoms with Crippen LogP contribution < -0.4 is 9.64 Å². The molecule has 2 aromatic heterocycles. The predicted molar refractivity (Wildman–Crippen MR) is 115 cm³/mol. The van der Waals surface area contributed by atoms with Gasteiger partial charge in [-0.05, 0) is 39.0 Å². The normalized spacial score (nSPS) is 14.6. The van der Waals surface area contributed by atoms with Crippen LogP contribution in [0.15, 0.2) is 30.7 Å². The first kappa shape index (κ1) is 19.6. The topological polar surface area (TPSA) is 71.5 Å². The number of hydrogen-bond acceptors (Lipinski definition) is 7. The van der Waals surface area contributed by atoms with E-state index in [4.69, 9.17) is 4.74 Å². The van der Waals surface area contributed by atoms with Crippen LogP contribution in [0.5, 0.6) is 5.88 Å². The van der Waals surface area contributed by atoms with Gasteiger partial charge in [0.05, 0.1) is 28.4 Å². The number of carbonyl (C=O) groups is 1. The third-order valence-electron chi connectivity index (χ3n) is 4.92. The molecule has 1 fully saturated rings. The molecular formula is C21H25N5O2S. The van der Waals surface area contributed by atoms with Gasteiger partial charge in [-0.25, -0.2) is 15.0 Å². The quantitative estimate of drug-likeness (QED) is 0.643. The molecule has 4 rings (SSSR count). The van der Waals surface area contributed by atoms with E-state index in [1.807, 2.05) is 37.9 Å². The van der Waals surface area contributed by atoms with E-state index in [9.17, 15) is 4.79 Å². The zero-order chi connectivity index (χ0) is 20.4. The van der Waals surface area contributed by atoms with E-state index >= 15 is 0 Å². The van der Waals surface area contributed by atoms with Crippen molar-refractivity contribution in [3.63, 3.8) is 0 Å². The Morgan fingerprint density at radius 2 is 1.97 bits per heavy atom. The minimum atomic E-state index is 0.0497. The van der Waals surface area contributed by atoms with Crippen molar-refractivity contribution in [1.29, 1.82) is 0 Å². The van der Waals surface area contributed by atoms with Crippen molar-refractivity contribution in [3.8, 4) is 5.88 Å². The molecule has 7 nitrogen and oxygen atoms in total. The fourth-order valence-corrected chi connectivity index (χ4v) is 4.28. The monoisotopic (exact) mass is 411 g/mol. The minimum absolute atomic E-state index is 0.0497. The van der Waals surface area contributed by atoms with Gasteiger partial charge < -0.3 is 14.5 Å². The first-order valence-corrected chi connectivity index (χ1v) is 10.7. The van der Waals surface area contributed by atoms with Crippen LogP contribution in [0.4, 0.5) is 5.69 Å². The van der Waals surface area contributed by atoms with Crippen LogP contribution in [0, 0.1) is 6.92 Å². The molecule has 3 aromatic rings. The molecule has 29 heavy (non-hydrogen) atoms. The summed E-state index contributed by atoms with van der Waals surface area (Å²) in [5.74, 6) is 0.786. The average molecular weight is 412 g/mol. The SMILES string of the molecule is Cc1ncc(CC(=O)N2CCN(c3ccc4ncnc(OC(C)C)c4c3)CC2)s1. The van der Waals surface area contributed by atoms with Crippen LogP contribution in [0.25, 0.3) is 10.9 Å². The van der Waals surface area contributed by atoms with Crippen molar-refractivity contribution in [1.82, 2.24) is 19.9 Å². The zero-order valence-corrected chi connectivity index (χ0v) is 17.8. The van der Waals surface area contributed by atoms with Gasteiger partial charge in [-0.3, -0.25) is 4.79 Å². The lowest BCUT2D eigenvalue weighted by Crippen LogP contribution is -2.49. The Morgan fingerprint density at radius 1 is 1.17 bits per heavy atom. The minimum Gasteiger partial charge on any atom is -0.474 e. The standard InChI is InChI=1S/C21H25N5O2S/c1-14(2)28-21-18-10-16(4-5-19(18)23-13-24-21)25-6-8-26(9-7-25)20(27)11-17-12-22-15(3)29-17/h4-5,10,12-14H,6-9,11H2,1-3H3. The van der Waals surface area contributed by atoms with E-state index in [0.717, 1.165) is 52.7 Å². The van der Waals surface area contributed by atoms with Crippen molar-refractivity contribution in [2.45, 2.75) is 33.3 Å². The summed E-state index contributed by atoms with van der Waals surface area (Å²) in [5.41, 5.74) is 1.97. The summed E-state index contributed by atoms with van der Waals surface area (Å²) in [6.07, 6.45) is 3.83. The Labute approximate surface area is 174 Å². The van der Waals surface area contributed by atoms with Crippen molar-refractivity contribution >= 4 is 33.8 Å². The Hall–Kier alpha value is -2.74. The number of carbonyl (C=O) groups excluding carboxylic acids is 1. The highest BCUT2D eigenvalue weighted by Crippen LogP contribution is 2.28. The van der Waals surface area contributed by atoms with Gasteiger partial charge in [0, 0.05) is 42.9 Å². The largest absolute Gasteiger partial charge is 0.474 e. The maximum absolute atomic E-state index is 12.6. The molecule has 152 valence electrons. The molecule has 1 aliphatic rings. The molecule has 0 spiro atoms. The lowest BCUT2D eigenvalue weighted by molar-refractivity contribution is -0.130. The summed E-state index contributed by atoms with van der Waals surface area (Å²) in [4.78, 5) is 30.8. The predicted octanol–water partition coefficient (Wildman–Crippen LogP) is 3.07. The number of thiazole rings is 1. The molecule has 0 atom stereocenters. The average Bonchev–Trinajstić information content (AvgIpc) is 3.12. The molecule has 1 aliphatic heterocycles. The maximum atomic E-state index is 12.6. The molecule has 1 amide bonds. The van der Waals surface area contributed by atoms with Gasteiger partial charge in [0.2, 0.25) is 11.8 Å². The summed E-state index contributed by atoms with van der Waals surface area (Å²) < 4.78 is 5.85. The van der Waals surface area contributed by atoms with E-state index in [1.165, 1.54) is 6.33 Å². The second-order valence-electron chi connectivity index (χ2n) is 7.44. The highest BCUT2D eigenvalue weighted by molar-refractivity contribution is 7.11. The van der Waals surface area contributed by atoms with E-state index in [1.54, 1.807) is 11.3 Å². The molecule has 0 bridgehead atoms.